The smallest absolute Gasteiger partial charge is 0.0653 e. The maximum atomic E-state index is 4.05. The summed E-state index contributed by atoms with van der Waals surface area (Å²) in [5.41, 5.74) is 2.52. The van der Waals surface area contributed by atoms with Crippen LogP contribution in [-0.2, 0) is 0 Å². The standard InChI is InChI=1S/C13H17N3/c1-9-2-5-12(14-7-9)10-3-4-11-8-15-16-13(11)6-10/h3-4,6,8-9,12,14H,2,5,7H2,1H3,(H,15,16)/t9-,12+/m1/s1. The molecule has 3 nitrogen and oxygen atoms in total. The van der Waals surface area contributed by atoms with Gasteiger partial charge in [0.05, 0.1) is 11.7 Å². The number of rotatable bonds is 1. The fraction of sp³-hybridized carbons (Fsp3) is 0.462. The predicted molar refractivity (Wildman–Crippen MR) is 65.2 cm³/mol. The molecule has 1 aliphatic rings. The second kappa shape index (κ2) is 3.91. The minimum Gasteiger partial charge on any atom is -0.310 e. The topological polar surface area (TPSA) is 40.7 Å². The van der Waals surface area contributed by atoms with Crippen LogP contribution in [0.2, 0.25) is 0 Å². The van der Waals surface area contributed by atoms with Crippen molar-refractivity contribution in [3.63, 3.8) is 0 Å². The summed E-state index contributed by atoms with van der Waals surface area (Å²) in [6, 6.07) is 7.10. The maximum Gasteiger partial charge on any atom is 0.0653 e. The molecule has 2 heterocycles. The molecule has 1 aromatic carbocycles. The Morgan fingerprint density at radius 1 is 1.31 bits per heavy atom. The molecule has 0 saturated carbocycles. The summed E-state index contributed by atoms with van der Waals surface area (Å²) in [5.74, 6) is 0.812. The number of hydrogen-bond donors (Lipinski definition) is 2. The van der Waals surface area contributed by atoms with Crippen molar-refractivity contribution in [2.45, 2.75) is 25.8 Å². The molecule has 0 radical (unpaired) electrons. The number of benzene rings is 1. The molecular weight excluding hydrogens is 198 g/mol. The fourth-order valence-corrected chi connectivity index (χ4v) is 2.45. The highest BCUT2D eigenvalue weighted by Crippen LogP contribution is 2.27. The Hall–Kier alpha value is -1.35. The highest BCUT2D eigenvalue weighted by molar-refractivity contribution is 5.78. The van der Waals surface area contributed by atoms with Gasteiger partial charge in [-0.05, 0) is 36.9 Å². The highest BCUT2D eigenvalue weighted by atomic mass is 15.1. The third-order valence-electron chi connectivity index (χ3n) is 3.53. The van der Waals surface area contributed by atoms with Crippen molar-refractivity contribution < 1.29 is 0 Å². The van der Waals surface area contributed by atoms with Crippen LogP contribution in [0.1, 0.15) is 31.4 Å². The molecule has 16 heavy (non-hydrogen) atoms. The van der Waals surface area contributed by atoms with Crippen LogP contribution in [-0.4, -0.2) is 16.7 Å². The average molecular weight is 215 g/mol. The molecule has 1 saturated heterocycles. The first-order chi connectivity index (χ1) is 7.83. The lowest BCUT2D eigenvalue weighted by Crippen LogP contribution is -2.31. The van der Waals surface area contributed by atoms with Crippen LogP contribution in [0, 0.1) is 5.92 Å². The Bertz CT molecular complexity index is 481. The van der Waals surface area contributed by atoms with Gasteiger partial charge in [0.25, 0.3) is 0 Å². The first kappa shape index (κ1) is 9.85. The van der Waals surface area contributed by atoms with Gasteiger partial charge < -0.3 is 5.32 Å². The molecule has 0 spiro atoms. The van der Waals surface area contributed by atoms with Crippen LogP contribution >= 0.6 is 0 Å². The zero-order valence-electron chi connectivity index (χ0n) is 9.53. The van der Waals surface area contributed by atoms with E-state index >= 15 is 0 Å². The summed E-state index contributed by atoms with van der Waals surface area (Å²) in [6.07, 6.45) is 4.43. The number of nitrogens with zero attached hydrogens (tertiary/aromatic N) is 1. The van der Waals surface area contributed by atoms with Crippen molar-refractivity contribution >= 4 is 10.9 Å². The Kier molecular flexibility index (Phi) is 2.40. The summed E-state index contributed by atoms with van der Waals surface area (Å²) in [4.78, 5) is 0. The van der Waals surface area contributed by atoms with Crippen molar-refractivity contribution in [3.05, 3.63) is 30.0 Å². The van der Waals surface area contributed by atoms with Gasteiger partial charge in [0.2, 0.25) is 0 Å². The van der Waals surface area contributed by atoms with Gasteiger partial charge in [-0.25, -0.2) is 0 Å². The van der Waals surface area contributed by atoms with Gasteiger partial charge in [0, 0.05) is 11.4 Å². The predicted octanol–water partition coefficient (Wildman–Crippen LogP) is 2.62. The number of aromatic nitrogens is 2. The van der Waals surface area contributed by atoms with Gasteiger partial charge in [-0.2, -0.15) is 5.10 Å². The molecule has 0 bridgehead atoms. The quantitative estimate of drug-likeness (QED) is 0.767. The summed E-state index contributed by atoms with van der Waals surface area (Å²) in [7, 11) is 0. The van der Waals surface area contributed by atoms with E-state index in [1.807, 2.05) is 6.20 Å². The molecule has 0 aliphatic carbocycles. The van der Waals surface area contributed by atoms with Gasteiger partial charge in [0.15, 0.2) is 0 Å². The number of aromatic amines is 1. The van der Waals surface area contributed by atoms with E-state index in [0.29, 0.717) is 6.04 Å². The lowest BCUT2D eigenvalue weighted by Gasteiger charge is -2.28. The first-order valence-corrected chi connectivity index (χ1v) is 5.99. The Balaban J connectivity index is 1.87. The highest BCUT2D eigenvalue weighted by Gasteiger charge is 2.18. The van der Waals surface area contributed by atoms with E-state index in [1.54, 1.807) is 0 Å². The molecule has 1 fully saturated rings. The third kappa shape index (κ3) is 1.71. The molecule has 2 aromatic rings. The third-order valence-corrected chi connectivity index (χ3v) is 3.53. The van der Waals surface area contributed by atoms with Crippen LogP contribution < -0.4 is 5.32 Å². The Morgan fingerprint density at radius 2 is 2.25 bits per heavy atom. The van der Waals surface area contributed by atoms with Gasteiger partial charge in [-0.15, -0.1) is 0 Å². The number of H-pyrrole nitrogens is 1. The second-order valence-corrected chi connectivity index (χ2v) is 4.86. The molecule has 0 unspecified atom stereocenters. The van der Waals surface area contributed by atoms with Gasteiger partial charge >= 0.3 is 0 Å². The molecule has 2 N–H and O–H groups in total. The zero-order valence-corrected chi connectivity index (χ0v) is 9.53. The van der Waals surface area contributed by atoms with Crippen molar-refractivity contribution in [1.29, 1.82) is 0 Å². The Morgan fingerprint density at radius 3 is 3.06 bits per heavy atom. The largest absolute Gasteiger partial charge is 0.310 e. The normalized spacial score (nSPS) is 26.1. The fourth-order valence-electron chi connectivity index (χ4n) is 2.45. The van der Waals surface area contributed by atoms with Crippen LogP contribution in [0.15, 0.2) is 24.4 Å². The molecular formula is C13H17N3. The van der Waals surface area contributed by atoms with Crippen molar-refractivity contribution in [3.8, 4) is 0 Å². The van der Waals surface area contributed by atoms with Gasteiger partial charge in [0.1, 0.15) is 0 Å². The summed E-state index contributed by atoms with van der Waals surface area (Å²) >= 11 is 0. The lowest BCUT2D eigenvalue weighted by molar-refractivity contribution is 0.333. The van der Waals surface area contributed by atoms with Gasteiger partial charge in [-0.3, -0.25) is 5.10 Å². The summed E-state index contributed by atoms with van der Waals surface area (Å²) in [5, 5.41) is 11.9. The molecule has 84 valence electrons. The van der Waals surface area contributed by atoms with E-state index in [9.17, 15) is 0 Å². The van der Waals surface area contributed by atoms with E-state index < -0.39 is 0 Å². The van der Waals surface area contributed by atoms with Crippen molar-refractivity contribution in [1.82, 2.24) is 15.5 Å². The molecule has 3 rings (SSSR count). The van der Waals surface area contributed by atoms with Crippen LogP contribution in [0.5, 0.6) is 0 Å². The molecule has 3 heteroatoms. The minimum atomic E-state index is 0.517. The number of hydrogen-bond acceptors (Lipinski definition) is 2. The van der Waals surface area contributed by atoms with E-state index in [-0.39, 0.29) is 0 Å². The van der Waals surface area contributed by atoms with E-state index in [1.165, 1.54) is 23.8 Å². The SMILES string of the molecule is C[C@@H]1CC[C@@H](c2ccc3cn[nH]c3c2)NC1. The van der Waals surface area contributed by atoms with Crippen LogP contribution in [0.3, 0.4) is 0 Å². The Labute approximate surface area is 95.2 Å². The van der Waals surface area contributed by atoms with E-state index in [2.05, 4.69) is 40.6 Å². The molecule has 1 aromatic heterocycles. The van der Waals surface area contributed by atoms with Crippen molar-refractivity contribution in [2.24, 2.45) is 5.92 Å². The lowest BCUT2D eigenvalue weighted by atomic mass is 9.92. The number of piperidine rings is 1. The molecule has 0 amide bonds. The average Bonchev–Trinajstić information content (AvgIpc) is 2.77. The monoisotopic (exact) mass is 215 g/mol. The first-order valence-electron chi connectivity index (χ1n) is 5.99. The van der Waals surface area contributed by atoms with E-state index in [0.717, 1.165) is 18.0 Å². The van der Waals surface area contributed by atoms with Gasteiger partial charge in [-0.1, -0.05) is 19.1 Å². The maximum absolute atomic E-state index is 4.05. The van der Waals surface area contributed by atoms with E-state index in [4.69, 9.17) is 0 Å². The van der Waals surface area contributed by atoms with Crippen molar-refractivity contribution in [2.75, 3.05) is 6.54 Å². The van der Waals surface area contributed by atoms with Crippen LogP contribution in [0.4, 0.5) is 0 Å². The molecule has 1 aliphatic heterocycles. The summed E-state index contributed by atoms with van der Waals surface area (Å²) in [6.45, 7) is 3.44. The number of nitrogens with one attached hydrogen (secondary N) is 2. The minimum absolute atomic E-state index is 0.517. The molecule has 2 atom stereocenters. The summed E-state index contributed by atoms with van der Waals surface area (Å²) < 4.78 is 0. The van der Waals surface area contributed by atoms with Crippen LogP contribution in [0.25, 0.3) is 10.9 Å². The zero-order chi connectivity index (χ0) is 11.0. The number of fused-ring (bicyclic) bond motifs is 1. The second-order valence-electron chi connectivity index (χ2n) is 4.86.